The third-order valence-electron chi connectivity index (χ3n) is 4.24. The van der Waals surface area contributed by atoms with Crippen molar-refractivity contribution >= 4 is 54.4 Å². The molecule has 4 rings (SSSR count). The minimum Gasteiger partial charge on any atom is -0.437 e. The summed E-state index contributed by atoms with van der Waals surface area (Å²) in [7, 11) is -3.79. The van der Waals surface area contributed by atoms with Crippen LogP contribution in [0.2, 0.25) is 5.15 Å². The summed E-state index contributed by atoms with van der Waals surface area (Å²) in [6, 6.07) is 11.6. The van der Waals surface area contributed by atoms with Gasteiger partial charge < -0.3 is 4.74 Å². The van der Waals surface area contributed by atoms with E-state index in [4.69, 9.17) is 16.3 Å². The second-order valence-corrected chi connectivity index (χ2v) is 9.80. The number of thiophene rings is 1. The van der Waals surface area contributed by atoms with E-state index in [1.165, 1.54) is 23.5 Å². The summed E-state index contributed by atoms with van der Waals surface area (Å²) in [6.07, 6.45) is -2.65. The van der Waals surface area contributed by atoms with Crippen LogP contribution < -0.4 is 9.04 Å². The molecule has 0 atom stereocenters. The van der Waals surface area contributed by atoms with Gasteiger partial charge in [-0.15, -0.1) is 11.3 Å². The van der Waals surface area contributed by atoms with Crippen LogP contribution in [0.5, 0.6) is 11.6 Å². The highest BCUT2D eigenvalue weighted by atomic mass is 35.5. The maximum absolute atomic E-state index is 12.7. The number of fused-ring (bicyclic) bond motifs is 1. The van der Waals surface area contributed by atoms with E-state index in [0.717, 1.165) is 39.0 Å². The molecule has 6 nitrogen and oxygen atoms in total. The molecular weight excluding hydrogens is 487 g/mol. The number of alkyl halides is 3. The highest BCUT2D eigenvalue weighted by Crippen LogP contribution is 2.36. The van der Waals surface area contributed by atoms with Crippen LogP contribution in [0.25, 0.3) is 10.1 Å². The number of benzene rings is 1. The average molecular weight is 500 g/mol. The van der Waals surface area contributed by atoms with Gasteiger partial charge in [0.05, 0.1) is 23.8 Å². The number of hydrogen-bond acceptors (Lipinski definition) is 6. The predicted molar refractivity (Wildman–Crippen MR) is 117 cm³/mol. The Morgan fingerprint density at radius 2 is 1.84 bits per heavy atom. The highest BCUT2D eigenvalue weighted by Gasteiger charge is 2.32. The topological polar surface area (TPSA) is 72.4 Å². The second-order valence-electron chi connectivity index (χ2n) is 6.64. The van der Waals surface area contributed by atoms with Crippen molar-refractivity contribution in [3.05, 3.63) is 71.0 Å². The Morgan fingerprint density at radius 3 is 2.50 bits per heavy atom. The molecule has 0 aliphatic heterocycles. The third kappa shape index (κ3) is 4.79. The van der Waals surface area contributed by atoms with Gasteiger partial charge in [0.15, 0.2) is 0 Å². The van der Waals surface area contributed by atoms with E-state index >= 15 is 0 Å². The molecule has 0 saturated heterocycles. The maximum Gasteiger partial charge on any atom is 0.433 e. The molecule has 3 aromatic heterocycles. The Bertz CT molecular complexity index is 1390. The van der Waals surface area contributed by atoms with Crippen molar-refractivity contribution in [1.29, 1.82) is 0 Å². The van der Waals surface area contributed by atoms with Crippen molar-refractivity contribution in [3.63, 3.8) is 0 Å². The molecule has 0 radical (unpaired) electrons. The van der Waals surface area contributed by atoms with Gasteiger partial charge in [0.1, 0.15) is 16.6 Å². The molecule has 0 fully saturated rings. The lowest BCUT2D eigenvalue weighted by atomic mass is 10.2. The fourth-order valence-electron chi connectivity index (χ4n) is 2.97. The van der Waals surface area contributed by atoms with Gasteiger partial charge in [0.2, 0.25) is 15.9 Å². The zero-order valence-electron chi connectivity index (χ0n) is 16.2. The summed E-state index contributed by atoms with van der Waals surface area (Å²) in [4.78, 5) is 7.29. The van der Waals surface area contributed by atoms with E-state index in [-0.39, 0.29) is 22.5 Å². The molecule has 32 heavy (non-hydrogen) atoms. The molecule has 0 spiro atoms. The fourth-order valence-corrected chi connectivity index (χ4v) is 4.92. The van der Waals surface area contributed by atoms with Crippen molar-refractivity contribution in [2.24, 2.45) is 0 Å². The normalized spacial score (nSPS) is 12.2. The number of ether oxygens (including phenoxy) is 1. The molecule has 0 saturated carbocycles. The van der Waals surface area contributed by atoms with E-state index in [9.17, 15) is 21.6 Å². The largest absolute Gasteiger partial charge is 0.437 e. The number of anilines is 2. The monoisotopic (exact) mass is 499 g/mol. The Balaban J connectivity index is 1.72. The molecule has 12 heteroatoms. The minimum atomic E-state index is -4.58. The number of sulfonamides is 1. The average Bonchev–Trinajstić information content (AvgIpc) is 3.14. The Labute approximate surface area is 189 Å². The molecule has 0 unspecified atom stereocenters. The number of hydrogen-bond donors (Lipinski definition) is 0. The number of pyridine rings is 2. The molecule has 1 aromatic carbocycles. The maximum atomic E-state index is 12.7. The highest BCUT2D eigenvalue weighted by molar-refractivity contribution is 7.92. The molecule has 0 aliphatic rings. The van der Waals surface area contributed by atoms with Gasteiger partial charge in [0, 0.05) is 16.8 Å². The molecule has 0 N–H and O–H groups in total. The van der Waals surface area contributed by atoms with E-state index in [1.54, 1.807) is 12.1 Å². The fraction of sp³-hybridized carbons (Fsp3) is 0.100. The SMILES string of the molecule is CS(=O)(=O)N(c1cc(Cl)nc(Oc2ccc(C(F)(F)F)nc2)c1)c1ccc2sccc2c1. The van der Waals surface area contributed by atoms with Gasteiger partial charge in [-0.2, -0.15) is 13.2 Å². The van der Waals surface area contributed by atoms with Gasteiger partial charge in [-0.25, -0.2) is 22.7 Å². The molecular formula is C20H13ClF3N3O3S2. The van der Waals surface area contributed by atoms with Crippen molar-refractivity contribution < 1.29 is 26.3 Å². The first-order valence-electron chi connectivity index (χ1n) is 8.87. The molecule has 166 valence electrons. The minimum absolute atomic E-state index is 0.0238. The van der Waals surface area contributed by atoms with Gasteiger partial charge in [-0.3, -0.25) is 0 Å². The summed E-state index contributed by atoms with van der Waals surface area (Å²) in [5, 5.41) is 2.70. The standard InChI is InChI=1S/C20H13ClF3N3O3S2/c1-32(28,29)27(13-2-4-16-12(8-13)6-7-31-16)14-9-18(21)26-19(10-14)30-15-3-5-17(25-11-15)20(22,23)24/h2-11H,1H3. The number of aromatic nitrogens is 2. The van der Waals surface area contributed by atoms with Crippen molar-refractivity contribution in [2.75, 3.05) is 10.6 Å². The summed E-state index contributed by atoms with van der Waals surface area (Å²) in [5.74, 6) is -0.136. The summed E-state index contributed by atoms with van der Waals surface area (Å²) >= 11 is 7.61. The molecule has 4 aromatic rings. The van der Waals surface area contributed by atoms with Gasteiger partial charge in [-0.05, 0) is 47.2 Å². The molecule has 3 heterocycles. The van der Waals surface area contributed by atoms with Crippen LogP contribution in [0.1, 0.15) is 5.69 Å². The van der Waals surface area contributed by atoms with E-state index in [0.29, 0.717) is 5.69 Å². The number of halogens is 4. The van der Waals surface area contributed by atoms with Crippen molar-refractivity contribution in [1.82, 2.24) is 9.97 Å². The second kappa shape index (κ2) is 8.23. The first-order valence-corrected chi connectivity index (χ1v) is 12.0. The quantitative estimate of drug-likeness (QED) is 0.303. The zero-order valence-corrected chi connectivity index (χ0v) is 18.6. The van der Waals surface area contributed by atoms with E-state index < -0.39 is 21.9 Å². The smallest absolute Gasteiger partial charge is 0.433 e. The van der Waals surface area contributed by atoms with Crippen LogP contribution in [-0.2, 0) is 16.2 Å². The third-order valence-corrected chi connectivity index (χ3v) is 6.42. The Morgan fingerprint density at radius 1 is 1.06 bits per heavy atom. The van der Waals surface area contributed by atoms with Crippen LogP contribution in [0.4, 0.5) is 24.5 Å². The van der Waals surface area contributed by atoms with Gasteiger partial charge in [-0.1, -0.05) is 11.6 Å². The van der Waals surface area contributed by atoms with E-state index in [1.807, 2.05) is 17.5 Å². The zero-order chi connectivity index (χ0) is 23.1. The lowest BCUT2D eigenvalue weighted by molar-refractivity contribution is -0.141. The predicted octanol–water partition coefficient (Wildman–Crippen LogP) is 6.25. The van der Waals surface area contributed by atoms with Crippen LogP contribution >= 0.6 is 22.9 Å². The van der Waals surface area contributed by atoms with Crippen molar-refractivity contribution in [2.45, 2.75) is 6.18 Å². The summed E-state index contributed by atoms with van der Waals surface area (Å²) < 4.78 is 70.9. The van der Waals surface area contributed by atoms with E-state index in [2.05, 4.69) is 9.97 Å². The first-order chi connectivity index (χ1) is 15.0. The van der Waals surface area contributed by atoms with Gasteiger partial charge in [0.25, 0.3) is 0 Å². The lowest BCUT2D eigenvalue weighted by Crippen LogP contribution is -2.24. The molecule has 0 bridgehead atoms. The Hall–Kier alpha value is -2.89. The lowest BCUT2D eigenvalue weighted by Gasteiger charge is -2.23. The molecule has 0 aliphatic carbocycles. The van der Waals surface area contributed by atoms with Gasteiger partial charge >= 0.3 is 6.18 Å². The van der Waals surface area contributed by atoms with Crippen LogP contribution in [-0.4, -0.2) is 24.6 Å². The van der Waals surface area contributed by atoms with Crippen LogP contribution in [0, 0.1) is 0 Å². The van der Waals surface area contributed by atoms with Crippen LogP contribution in [0.15, 0.2) is 60.1 Å². The van der Waals surface area contributed by atoms with Crippen LogP contribution in [0.3, 0.4) is 0 Å². The Kier molecular flexibility index (Phi) is 5.74. The number of nitrogens with zero attached hydrogens (tertiary/aromatic N) is 3. The molecule has 0 amide bonds. The number of rotatable bonds is 5. The van der Waals surface area contributed by atoms with Crippen molar-refractivity contribution in [3.8, 4) is 11.6 Å². The first kappa shape index (κ1) is 22.3. The summed E-state index contributed by atoms with van der Waals surface area (Å²) in [6.45, 7) is 0. The summed E-state index contributed by atoms with van der Waals surface area (Å²) in [5.41, 5.74) is -0.545.